The predicted octanol–water partition coefficient (Wildman–Crippen LogP) is 9.76. The first-order chi connectivity index (χ1) is 25.0. The summed E-state index contributed by atoms with van der Waals surface area (Å²) in [5, 5.41) is 12.5. The fourth-order valence-electron chi connectivity index (χ4n) is 5.99. The third kappa shape index (κ3) is 7.65. The first-order valence-corrected chi connectivity index (χ1v) is 18.3. The molecule has 7 rings (SSSR count). The zero-order valence-electron chi connectivity index (χ0n) is 27.7. The van der Waals surface area contributed by atoms with E-state index in [1.807, 2.05) is 84.2 Å². The van der Waals surface area contributed by atoms with E-state index in [1.165, 1.54) is 28.6 Å². The lowest BCUT2D eigenvalue weighted by atomic mass is 10.1. The van der Waals surface area contributed by atoms with Gasteiger partial charge < -0.3 is 20.5 Å². The van der Waals surface area contributed by atoms with E-state index >= 15 is 0 Å². The van der Waals surface area contributed by atoms with Gasteiger partial charge >= 0.3 is 0 Å². The van der Waals surface area contributed by atoms with Crippen molar-refractivity contribution in [3.05, 3.63) is 167 Å². The minimum absolute atomic E-state index is 0.128. The van der Waals surface area contributed by atoms with Gasteiger partial charge in [0.25, 0.3) is 11.8 Å². The lowest BCUT2D eigenvalue weighted by Gasteiger charge is -2.18. The summed E-state index contributed by atoms with van der Waals surface area (Å²) in [5.41, 5.74) is 5.03. The number of thiophene rings is 1. The number of nitrogens with zero attached hydrogens (tertiary/aromatic N) is 1. The number of hydrogen-bond donors (Lipinski definition) is 3. The molecule has 0 spiro atoms. The molecule has 9 heteroatoms. The second kappa shape index (κ2) is 15.3. The van der Waals surface area contributed by atoms with Gasteiger partial charge in [0.15, 0.2) is 0 Å². The van der Waals surface area contributed by atoms with Crippen LogP contribution < -0.4 is 16.0 Å². The molecule has 0 radical (unpaired) electrons. The number of fused-ring (bicyclic) bond motifs is 3. The SMILES string of the molecule is CCn1c2ccccc2c2cc(NC(=O)C(Sc3ccc(NC(=O)/C(=C/c4cccs4)NC(=O)c4ccccc4)cc3)c3ccccc3)ccc21. The average Bonchev–Trinajstić information content (AvgIpc) is 3.80. The molecule has 0 aliphatic heterocycles. The molecule has 0 saturated carbocycles. The highest BCUT2D eigenvalue weighted by Gasteiger charge is 2.23. The van der Waals surface area contributed by atoms with Crippen molar-refractivity contribution >= 4 is 80.1 Å². The van der Waals surface area contributed by atoms with E-state index in [0.29, 0.717) is 11.3 Å². The second-order valence-corrected chi connectivity index (χ2v) is 13.9. The molecular weight excluding hydrogens is 673 g/mol. The van der Waals surface area contributed by atoms with E-state index in [9.17, 15) is 14.4 Å². The van der Waals surface area contributed by atoms with Crippen LogP contribution in [0.1, 0.15) is 33.0 Å². The highest BCUT2D eigenvalue weighted by molar-refractivity contribution is 8.00. The number of thioether (sulfide) groups is 1. The Morgan fingerprint density at radius 1 is 0.725 bits per heavy atom. The largest absolute Gasteiger partial charge is 0.341 e. The van der Waals surface area contributed by atoms with Crippen LogP contribution in [-0.4, -0.2) is 22.3 Å². The number of benzene rings is 5. The Labute approximate surface area is 304 Å². The molecule has 0 fully saturated rings. The van der Waals surface area contributed by atoms with Gasteiger partial charge in [0, 0.05) is 55.1 Å². The van der Waals surface area contributed by atoms with Crippen molar-refractivity contribution in [3.8, 4) is 0 Å². The molecule has 252 valence electrons. The van der Waals surface area contributed by atoms with E-state index in [2.05, 4.69) is 51.7 Å². The van der Waals surface area contributed by atoms with Crippen LogP contribution in [0.5, 0.6) is 0 Å². The second-order valence-electron chi connectivity index (χ2n) is 11.8. The molecule has 51 heavy (non-hydrogen) atoms. The lowest BCUT2D eigenvalue weighted by Crippen LogP contribution is -2.30. The van der Waals surface area contributed by atoms with E-state index in [0.717, 1.165) is 43.9 Å². The maximum atomic E-state index is 14.0. The van der Waals surface area contributed by atoms with E-state index < -0.39 is 11.2 Å². The molecule has 2 heterocycles. The summed E-state index contributed by atoms with van der Waals surface area (Å²) in [4.78, 5) is 42.0. The number of amides is 3. The zero-order chi connectivity index (χ0) is 35.2. The Bertz CT molecular complexity index is 2350. The summed E-state index contributed by atoms with van der Waals surface area (Å²) < 4.78 is 2.28. The highest BCUT2D eigenvalue weighted by Crippen LogP contribution is 2.38. The zero-order valence-corrected chi connectivity index (χ0v) is 29.3. The molecule has 5 aromatic carbocycles. The van der Waals surface area contributed by atoms with Crippen molar-refractivity contribution in [2.24, 2.45) is 0 Å². The van der Waals surface area contributed by atoms with Crippen LogP contribution in [0.2, 0.25) is 0 Å². The van der Waals surface area contributed by atoms with Crippen LogP contribution in [0.25, 0.3) is 27.9 Å². The Hall–Kier alpha value is -5.90. The quantitative estimate of drug-likeness (QED) is 0.0923. The maximum absolute atomic E-state index is 14.0. The van der Waals surface area contributed by atoms with Gasteiger partial charge in [0.2, 0.25) is 5.91 Å². The molecule has 0 saturated heterocycles. The van der Waals surface area contributed by atoms with Gasteiger partial charge in [-0.15, -0.1) is 23.1 Å². The summed E-state index contributed by atoms with van der Waals surface area (Å²) in [7, 11) is 0. The number of hydrogen-bond acceptors (Lipinski definition) is 5. The first-order valence-electron chi connectivity index (χ1n) is 16.5. The van der Waals surface area contributed by atoms with Gasteiger partial charge in [0.1, 0.15) is 10.9 Å². The van der Waals surface area contributed by atoms with E-state index in [4.69, 9.17) is 0 Å². The van der Waals surface area contributed by atoms with Crippen LogP contribution in [0, 0.1) is 0 Å². The predicted molar refractivity (Wildman–Crippen MR) is 210 cm³/mol. The normalized spacial score (nSPS) is 12.1. The summed E-state index contributed by atoms with van der Waals surface area (Å²) in [5.74, 6) is -0.966. The molecule has 2 aromatic heterocycles. The van der Waals surface area contributed by atoms with Crippen molar-refractivity contribution in [2.75, 3.05) is 10.6 Å². The van der Waals surface area contributed by atoms with Crippen molar-refractivity contribution in [2.45, 2.75) is 23.6 Å². The van der Waals surface area contributed by atoms with Crippen LogP contribution in [0.3, 0.4) is 0 Å². The number of aryl methyl sites for hydroxylation is 1. The maximum Gasteiger partial charge on any atom is 0.272 e. The summed E-state index contributed by atoms with van der Waals surface area (Å²) in [6, 6.07) is 44.0. The van der Waals surface area contributed by atoms with Gasteiger partial charge in [-0.3, -0.25) is 14.4 Å². The molecular formula is C42H34N4O3S2. The number of rotatable bonds is 11. The van der Waals surface area contributed by atoms with E-state index in [1.54, 1.807) is 42.5 Å². The number of nitrogens with one attached hydrogen (secondary N) is 3. The molecule has 0 aliphatic carbocycles. The lowest BCUT2D eigenvalue weighted by molar-refractivity contribution is -0.116. The van der Waals surface area contributed by atoms with E-state index in [-0.39, 0.29) is 17.5 Å². The monoisotopic (exact) mass is 706 g/mol. The van der Waals surface area contributed by atoms with Crippen molar-refractivity contribution in [1.29, 1.82) is 0 Å². The van der Waals surface area contributed by atoms with Crippen molar-refractivity contribution in [3.63, 3.8) is 0 Å². The molecule has 1 atom stereocenters. The Kier molecular flexibility index (Phi) is 10.1. The minimum atomic E-state index is -0.534. The minimum Gasteiger partial charge on any atom is -0.341 e. The standard InChI is InChI=1S/C42H34N4O3S2/c1-2-46-37-18-10-9-17-34(37)35-26-31(21-24-38(35)46)44-42(49)39(28-12-5-3-6-13-28)51-32-22-19-30(20-23-32)43-41(48)36(27-33-16-11-25-50-33)45-40(47)29-14-7-4-8-15-29/h3-27,39H,2H2,1H3,(H,43,48)(H,44,49)(H,45,47)/b36-27-. The van der Waals surface area contributed by atoms with Crippen molar-refractivity contribution in [1.82, 2.24) is 9.88 Å². The fourth-order valence-corrected chi connectivity index (χ4v) is 7.67. The Morgan fingerprint density at radius 3 is 2.14 bits per heavy atom. The molecule has 3 amide bonds. The molecule has 1 unspecified atom stereocenters. The summed E-state index contributed by atoms with van der Waals surface area (Å²) in [6.45, 7) is 2.99. The number of aromatic nitrogens is 1. The third-order valence-electron chi connectivity index (χ3n) is 8.42. The molecule has 0 aliphatic rings. The molecule has 3 N–H and O–H groups in total. The van der Waals surface area contributed by atoms with Crippen molar-refractivity contribution < 1.29 is 14.4 Å². The van der Waals surface area contributed by atoms with Crippen LogP contribution in [0.15, 0.2) is 155 Å². The first kappa shape index (κ1) is 33.6. The molecule has 7 nitrogen and oxygen atoms in total. The van der Waals surface area contributed by atoms with Crippen LogP contribution in [-0.2, 0) is 16.1 Å². The third-order valence-corrected chi connectivity index (χ3v) is 10.5. The Balaban J connectivity index is 1.08. The summed E-state index contributed by atoms with van der Waals surface area (Å²) in [6.07, 6.45) is 1.66. The van der Waals surface area contributed by atoms with Gasteiger partial charge in [-0.05, 0) is 90.7 Å². The van der Waals surface area contributed by atoms with Gasteiger partial charge in [-0.2, -0.15) is 0 Å². The molecule has 0 bridgehead atoms. The number of carbonyl (C=O) groups is 3. The Morgan fingerprint density at radius 2 is 1.41 bits per heavy atom. The van der Waals surface area contributed by atoms with Crippen LogP contribution in [0.4, 0.5) is 11.4 Å². The smallest absolute Gasteiger partial charge is 0.272 e. The topological polar surface area (TPSA) is 92.2 Å². The summed E-state index contributed by atoms with van der Waals surface area (Å²) >= 11 is 2.89. The van der Waals surface area contributed by atoms with Gasteiger partial charge in [-0.25, -0.2) is 0 Å². The van der Waals surface area contributed by atoms with Gasteiger partial charge in [-0.1, -0.05) is 72.8 Å². The van der Waals surface area contributed by atoms with Gasteiger partial charge in [0.05, 0.1) is 0 Å². The number of anilines is 2. The molecule has 7 aromatic rings. The van der Waals surface area contributed by atoms with Crippen LogP contribution >= 0.6 is 23.1 Å². The number of para-hydroxylation sites is 1. The highest BCUT2D eigenvalue weighted by atomic mass is 32.2. The number of carbonyl (C=O) groups excluding carboxylic acids is 3. The average molecular weight is 707 g/mol. The fraction of sp³-hybridized carbons (Fsp3) is 0.0714.